The van der Waals surface area contributed by atoms with Gasteiger partial charge in [-0.3, -0.25) is 9.36 Å². The molecule has 1 unspecified atom stereocenters. The van der Waals surface area contributed by atoms with E-state index in [1.165, 1.54) is 14.0 Å². The molecule has 0 radical (unpaired) electrons. The average molecular weight is 386 g/mol. The van der Waals surface area contributed by atoms with Gasteiger partial charge in [-0.05, 0) is 26.3 Å². The van der Waals surface area contributed by atoms with E-state index < -0.39 is 25.4 Å². The lowest BCUT2D eigenvalue weighted by molar-refractivity contribution is -0.122. The van der Waals surface area contributed by atoms with Crippen molar-refractivity contribution >= 4 is 19.6 Å². The van der Waals surface area contributed by atoms with Crippen LogP contribution in [-0.4, -0.2) is 49.5 Å². The fourth-order valence-corrected chi connectivity index (χ4v) is 3.63. The summed E-state index contributed by atoms with van der Waals surface area (Å²) in [6.45, 7) is 5.19. The molecule has 1 aromatic carbocycles. The third-order valence-corrected chi connectivity index (χ3v) is 5.67. The van der Waals surface area contributed by atoms with Gasteiger partial charge in [0.1, 0.15) is 18.9 Å². The maximum atomic E-state index is 12.6. The smallest absolute Gasteiger partial charge is 0.410 e. The second kappa shape index (κ2) is 11.0. The molecule has 0 saturated heterocycles. The Morgan fingerprint density at radius 2 is 1.73 bits per heavy atom. The van der Waals surface area contributed by atoms with Crippen LogP contribution in [-0.2, 0) is 29.8 Å². The zero-order valence-corrected chi connectivity index (χ0v) is 16.5. The largest absolute Gasteiger partial charge is 0.445 e. The van der Waals surface area contributed by atoms with Crippen LogP contribution < -0.4 is 5.32 Å². The Kier molecular flexibility index (Phi) is 9.34. The number of likely N-dealkylation sites (N-methyl/N-ethyl adjacent to an activating group) is 1. The molecule has 0 bridgehead atoms. The molecule has 8 nitrogen and oxygen atoms in total. The highest BCUT2D eigenvalue weighted by atomic mass is 31.2. The molecule has 26 heavy (non-hydrogen) atoms. The number of benzene rings is 1. The van der Waals surface area contributed by atoms with E-state index in [1.807, 2.05) is 30.3 Å². The zero-order chi connectivity index (χ0) is 19.6. The molecule has 1 atom stereocenters. The number of hydrogen-bond donors (Lipinski definition) is 1. The van der Waals surface area contributed by atoms with Crippen LogP contribution in [0.1, 0.15) is 26.3 Å². The van der Waals surface area contributed by atoms with Crippen LogP contribution in [0.25, 0.3) is 0 Å². The Labute approximate surface area is 154 Å². The zero-order valence-electron chi connectivity index (χ0n) is 15.6. The van der Waals surface area contributed by atoms with Crippen molar-refractivity contribution in [3.05, 3.63) is 35.9 Å². The van der Waals surface area contributed by atoms with Crippen LogP contribution in [0.2, 0.25) is 0 Å². The normalized spacial score (nSPS) is 12.3. The summed E-state index contributed by atoms with van der Waals surface area (Å²) in [5.41, 5.74) is 0.849. The topological polar surface area (TPSA) is 94.2 Å². The number of carbonyl (C=O) groups excluding carboxylic acids is 2. The first kappa shape index (κ1) is 22.2. The summed E-state index contributed by atoms with van der Waals surface area (Å²) in [6, 6.07) is 9.22. The summed E-state index contributed by atoms with van der Waals surface area (Å²) >= 11 is 0. The Morgan fingerprint density at radius 3 is 2.27 bits per heavy atom. The first-order chi connectivity index (χ1) is 12.3. The number of amides is 2. The maximum Gasteiger partial charge on any atom is 0.410 e. The van der Waals surface area contributed by atoms with E-state index in [4.69, 9.17) is 13.8 Å². The standard InChI is InChI=1S/C17H27N2O6P/c1-5-24-26(22,25-6-2)14(3)18-16(20)12-19(4)17(21)23-13-15-10-8-7-9-11-15/h7-11,14H,5-6,12-13H2,1-4H3,(H,18,20). The predicted octanol–water partition coefficient (Wildman–Crippen LogP) is 2.98. The van der Waals surface area contributed by atoms with Crippen molar-refractivity contribution in [2.75, 3.05) is 26.8 Å². The molecule has 0 aromatic heterocycles. The first-order valence-corrected chi connectivity index (χ1v) is 10.0. The summed E-state index contributed by atoms with van der Waals surface area (Å²) in [5, 5.41) is 2.55. The highest BCUT2D eigenvalue weighted by molar-refractivity contribution is 7.54. The number of rotatable bonds is 10. The lowest BCUT2D eigenvalue weighted by Gasteiger charge is -2.25. The Bertz CT molecular complexity index is 615. The minimum absolute atomic E-state index is 0.117. The lowest BCUT2D eigenvalue weighted by atomic mass is 10.2. The highest BCUT2D eigenvalue weighted by Gasteiger charge is 2.33. The number of carbonyl (C=O) groups is 2. The molecule has 0 fully saturated rings. The van der Waals surface area contributed by atoms with Crippen LogP contribution in [0.3, 0.4) is 0 Å². The predicted molar refractivity (Wildman–Crippen MR) is 97.7 cm³/mol. The van der Waals surface area contributed by atoms with E-state index >= 15 is 0 Å². The third-order valence-electron chi connectivity index (χ3n) is 3.36. The molecular weight excluding hydrogens is 359 g/mol. The van der Waals surface area contributed by atoms with Crippen molar-refractivity contribution in [3.63, 3.8) is 0 Å². The Hall–Kier alpha value is -1.89. The molecule has 0 aliphatic heterocycles. The van der Waals surface area contributed by atoms with Crippen molar-refractivity contribution in [1.82, 2.24) is 10.2 Å². The van der Waals surface area contributed by atoms with Gasteiger partial charge in [-0.1, -0.05) is 30.3 Å². The summed E-state index contributed by atoms with van der Waals surface area (Å²) in [4.78, 5) is 25.2. The Balaban J connectivity index is 2.49. The van der Waals surface area contributed by atoms with Gasteiger partial charge in [-0.15, -0.1) is 0 Å². The number of hydrogen-bond acceptors (Lipinski definition) is 6. The van der Waals surface area contributed by atoms with Crippen molar-refractivity contribution in [1.29, 1.82) is 0 Å². The van der Waals surface area contributed by atoms with Crippen molar-refractivity contribution in [2.45, 2.75) is 33.2 Å². The molecule has 9 heteroatoms. The average Bonchev–Trinajstić information content (AvgIpc) is 2.60. The lowest BCUT2D eigenvalue weighted by Crippen LogP contribution is -2.42. The molecule has 0 aliphatic carbocycles. The number of nitrogens with zero attached hydrogens (tertiary/aromatic N) is 1. The Morgan fingerprint density at radius 1 is 1.15 bits per heavy atom. The van der Waals surface area contributed by atoms with E-state index in [1.54, 1.807) is 13.8 Å². The molecule has 146 valence electrons. The molecule has 1 aromatic rings. The molecule has 0 heterocycles. The number of ether oxygens (including phenoxy) is 1. The minimum Gasteiger partial charge on any atom is -0.445 e. The molecule has 1 N–H and O–H groups in total. The third kappa shape index (κ3) is 7.15. The van der Waals surface area contributed by atoms with E-state index in [0.717, 1.165) is 10.5 Å². The summed E-state index contributed by atoms with van der Waals surface area (Å²) in [5.74, 6) is -1.32. The molecule has 2 amide bonds. The van der Waals surface area contributed by atoms with Gasteiger partial charge in [0.05, 0.1) is 13.2 Å². The molecule has 0 aliphatic rings. The molecular formula is C17H27N2O6P. The minimum atomic E-state index is -3.45. The van der Waals surface area contributed by atoms with Crippen molar-refractivity contribution in [3.8, 4) is 0 Å². The first-order valence-electron chi connectivity index (χ1n) is 8.42. The second-order valence-electron chi connectivity index (χ2n) is 5.52. The fourth-order valence-electron chi connectivity index (χ4n) is 2.09. The van der Waals surface area contributed by atoms with Gasteiger partial charge in [0.2, 0.25) is 5.91 Å². The van der Waals surface area contributed by atoms with Crippen LogP contribution >= 0.6 is 7.60 Å². The van der Waals surface area contributed by atoms with Gasteiger partial charge >= 0.3 is 13.7 Å². The van der Waals surface area contributed by atoms with Crippen molar-refractivity contribution < 1.29 is 27.9 Å². The van der Waals surface area contributed by atoms with Crippen LogP contribution in [0.4, 0.5) is 4.79 Å². The molecule has 1 rings (SSSR count). The van der Waals surface area contributed by atoms with Gasteiger partial charge < -0.3 is 24.0 Å². The highest BCUT2D eigenvalue weighted by Crippen LogP contribution is 2.51. The molecule has 0 spiro atoms. The SMILES string of the molecule is CCOP(=O)(OCC)C(C)NC(=O)CN(C)C(=O)OCc1ccccc1. The van der Waals surface area contributed by atoms with Gasteiger partial charge in [0.15, 0.2) is 0 Å². The fraction of sp³-hybridized carbons (Fsp3) is 0.529. The van der Waals surface area contributed by atoms with Gasteiger partial charge in [-0.25, -0.2) is 4.79 Å². The summed E-state index contributed by atoms with van der Waals surface area (Å²) < 4.78 is 28.1. The van der Waals surface area contributed by atoms with E-state index in [2.05, 4.69) is 5.32 Å². The second-order valence-corrected chi connectivity index (χ2v) is 7.89. The van der Waals surface area contributed by atoms with Gasteiger partial charge in [0, 0.05) is 7.05 Å². The van der Waals surface area contributed by atoms with Gasteiger partial charge in [-0.2, -0.15) is 0 Å². The van der Waals surface area contributed by atoms with Crippen LogP contribution in [0.15, 0.2) is 30.3 Å². The van der Waals surface area contributed by atoms with Crippen LogP contribution in [0, 0.1) is 0 Å². The maximum absolute atomic E-state index is 12.6. The summed E-state index contributed by atoms with van der Waals surface area (Å²) in [6.07, 6.45) is -0.630. The quantitative estimate of drug-likeness (QED) is 0.621. The monoisotopic (exact) mass is 386 g/mol. The molecule has 0 saturated carbocycles. The van der Waals surface area contributed by atoms with Gasteiger partial charge in [0.25, 0.3) is 0 Å². The van der Waals surface area contributed by atoms with E-state index in [0.29, 0.717) is 0 Å². The van der Waals surface area contributed by atoms with E-state index in [9.17, 15) is 14.2 Å². The van der Waals surface area contributed by atoms with E-state index in [-0.39, 0.29) is 26.4 Å². The summed E-state index contributed by atoms with van der Waals surface area (Å²) in [7, 11) is -2.00. The van der Waals surface area contributed by atoms with Crippen molar-refractivity contribution in [2.24, 2.45) is 0 Å². The van der Waals surface area contributed by atoms with Crippen LogP contribution in [0.5, 0.6) is 0 Å². The number of nitrogens with one attached hydrogen (secondary N) is 1.